The van der Waals surface area contributed by atoms with E-state index in [0.29, 0.717) is 26.2 Å². The minimum Gasteiger partial charge on any atom is -0.445 e. The highest BCUT2D eigenvalue weighted by molar-refractivity contribution is 5.81. The maximum Gasteiger partial charge on any atom is 0.253 e. The van der Waals surface area contributed by atoms with Crippen molar-refractivity contribution in [1.29, 1.82) is 0 Å². The van der Waals surface area contributed by atoms with E-state index in [2.05, 4.69) is 23.7 Å². The van der Waals surface area contributed by atoms with E-state index in [0.717, 1.165) is 30.3 Å². The van der Waals surface area contributed by atoms with Crippen LogP contribution in [0.5, 0.6) is 0 Å². The Balaban J connectivity index is 1.69. The van der Waals surface area contributed by atoms with Gasteiger partial charge in [0.15, 0.2) is 5.89 Å². The van der Waals surface area contributed by atoms with Gasteiger partial charge in [0.25, 0.3) is 5.91 Å². The van der Waals surface area contributed by atoms with Crippen molar-refractivity contribution in [3.63, 3.8) is 0 Å². The Morgan fingerprint density at radius 2 is 2.19 bits per heavy atom. The third-order valence-corrected chi connectivity index (χ3v) is 4.09. The zero-order valence-electron chi connectivity index (χ0n) is 13.0. The summed E-state index contributed by atoms with van der Waals surface area (Å²) in [5, 5.41) is 0. The summed E-state index contributed by atoms with van der Waals surface area (Å²) >= 11 is 0. The molecule has 6 nitrogen and oxygen atoms in total. The van der Waals surface area contributed by atoms with Crippen LogP contribution in [-0.4, -0.2) is 60.1 Å². The third-order valence-electron chi connectivity index (χ3n) is 4.09. The van der Waals surface area contributed by atoms with Crippen molar-refractivity contribution in [2.75, 3.05) is 33.3 Å². The van der Waals surface area contributed by atoms with Crippen LogP contribution in [0.2, 0.25) is 0 Å². The predicted octanol–water partition coefficient (Wildman–Crippen LogP) is 1.01. The monoisotopic (exact) mass is 293 g/mol. The summed E-state index contributed by atoms with van der Waals surface area (Å²) < 4.78 is 11.4. The lowest BCUT2D eigenvalue weighted by atomic mass is 10.1. The van der Waals surface area contributed by atoms with Crippen LogP contribution in [-0.2, 0) is 22.5 Å². The molecule has 6 heteroatoms. The van der Waals surface area contributed by atoms with Crippen molar-refractivity contribution in [2.45, 2.75) is 38.8 Å². The van der Waals surface area contributed by atoms with Crippen LogP contribution in [0.1, 0.15) is 37.1 Å². The molecule has 2 aliphatic heterocycles. The molecule has 1 saturated heterocycles. The van der Waals surface area contributed by atoms with Gasteiger partial charge in [-0.1, -0.05) is 13.8 Å². The molecular weight excluding hydrogens is 270 g/mol. The quantitative estimate of drug-likeness (QED) is 0.814. The molecule has 0 aromatic carbocycles. The van der Waals surface area contributed by atoms with E-state index in [1.54, 1.807) is 0 Å². The first kappa shape index (κ1) is 14.5. The largest absolute Gasteiger partial charge is 0.445 e. The summed E-state index contributed by atoms with van der Waals surface area (Å²) in [6.07, 6.45) is 0.394. The Kier molecular flexibility index (Phi) is 3.99. The normalized spacial score (nSPS) is 23.4. The number of rotatable bonds is 2. The van der Waals surface area contributed by atoms with E-state index >= 15 is 0 Å². The van der Waals surface area contributed by atoms with E-state index in [9.17, 15) is 4.79 Å². The summed E-state index contributed by atoms with van der Waals surface area (Å²) in [6, 6.07) is 0. The number of carbonyl (C=O) groups is 1. The highest BCUT2D eigenvalue weighted by Crippen LogP contribution is 2.24. The van der Waals surface area contributed by atoms with Crippen LogP contribution in [0.3, 0.4) is 0 Å². The minimum atomic E-state index is -0.346. The van der Waals surface area contributed by atoms with E-state index in [1.165, 1.54) is 0 Å². The molecule has 116 valence electrons. The molecule has 1 aromatic rings. The lowest BCUT2D eigenvalue weighted by molar-refractivity contribution is -0.149. The number of morpholine rings is 1. The lowest BCUT2D eigenvalue weighted by Crippen LogP contribution is -2.50. The van der Waals surface area contributed by atoms with Gasteiger partial charge in [-0.05, 0) is 7.05 Å². The summed E-state index contributed by atoms with van der Waals surface area (Å²) in [7, 11) is 2.02. The Morgan fingerprint density at radius 3 is 2.90 bits per heavy atom. The zero-order chi connectivity index (χ0) is 15.0. The van der Waals surface area contributed by atoms with Gasteiger partial charge in [0, 0.05) is 32.0 Å². The number of hydrogen-bond acceptors (Lipinski definition) is 5. The number of hydrogen-bond donors (Lipinski definition) is 0. The smallest absolute Gasteiger partial charge is 0.253 e. The number of ether oxygens (including phenoxy) is 1. The van der Waals surface area contributed by atoms with Crippen molar-refractivity contribution in [3.05, 3.63) is 17.3 Å². The van der Waals surface area contributed by atoms with Gasteiger partial charge in [-0.15, -0.1) is 0 Å². The molecule has 21 heavy (non-hydrogen) atoms. The molecule has 1 amide bonds. The van der Waals surface area contributed by atoms with E-state index < -0.39 is 0 Å². The van der Waals surface area contributed by atoms with E-state index in [1.807, 2.05) is 11.9 Å². The number of aromatic nitrogens is 1. The van der Waals surface area contributed by atoms with Crippen LogP contribution in [0.4, 0.5) is 0 Å². The molecule has 0 aliphatic carbocycles. The van der Waals surface area contributed by atoms with Gasteiger partial charge in [0.05, 0.1) is 13.2 Å². The van der Waals surface area contributed by atoms with Crippen LogP contribution in [0, 0.1) is 0 Å². The van der Waals surface area contributed by atoms with Crippen LogP contribution >= 0.6 is 0 Å². The number of amides is 1. The van der Waals surface area contributed by atoms with Crippen LogP contribution in [0.25, 0.3) is 0 Å². The van der Waals surface area contributed by atoms with Gasteiger partial charge in [0.2, 0.25) is 0 Å². The summed E-state index contributed by atoms with van der Waals surface area (Å²) in [6.45, 7) is 7.51. The Hall–Kier alpha value is -1.40. The molecule has 0 bridgehead atoms. The van der Waals surface area contributed by atoms with E-state index in [-0.39, 0.29) is 17.9 Å². The molecule has 0 N–H and O–H groups in total. The fourth-order valence-electron chi connectivity index (χ4n) is 2.78. The predicted molar refractivity (Wildman–Crippen MR) is 77.0 cm³/mol. The lowest BCUT2D eigenvalue weighted by Gasteiger charge is -2.34. The molecule has 0 saturated carbocycles. The molecule has 1 unspecified atom stereocenters. The highest BCUT2D eigenvalue weighted by atomic mass is 16.5. The van der Waals surface area contributed by atoms with Crippen molar-refractivity contribution >= 4 is 5.91 Å². The van der Waals surface area contributed by atoms with E-state index in [4.69, 9.17) is 9.15 Å². The fourth-order valence-corrected chi connectivity index (χ4v) is 2.78. The molecule has 3 heterocycles. The molecule has 1 atom stereocenters. The van der Waals surface area contributed by atoms with Crippen molar-refractivity contribution in [3.8, 4) is 0 Å². The Morgan fingerprint density at radius 1 is 1.38 bits per heavy atom. The summed E-state index contributed by atoms with van der Waals surface area (Å²) in [5.74, 6) is 2.05. The third kappa shape index (κ3) is 2.96. The average Bonchev–Trinajstić information content (AvgIpc) is 2.89. The second-order valence-electron chi connectivity index (χ2n) is 6.21. The first-order valence-corrected chi connectivity index (χ1v) is 7.62. The topological polar surface area (TPSA) is 58.8 Å². The number of oxazole rings is 1. The van der Waals surface area contributed by atoms with Gasteiger partial charge in [0.1, 0.15) is 17.6 Å². The molecular formula is C15H23N3O3. The molecule has 1 fully saturated rings. The first-order valence-electron chi connectivity index (χ1n) is 7.62. The van der Waals surface area contributed by atoms with Gasteiger partial charge in [-0.25, -0.2) is 4.98 Å². The molecule has 3 rings (SSSR count). The molecule has 0 radical (unpaired) electrons. The van der Waals surface area contributed by atoms with Gasteiger partial charge < -0.3 is 19.0 Å². The van der Waals surface area contributed by atoms with Gasteiger partial charge in [-0.3, -0.25) is 4.79 Å². The van der Waals surface area contributed by atoms with Crippen LogP contribution in [0.15, 0.2) is 4.42 Å². The maximum absolute atomic E-state index is 12.6. The SMILES string of the molecule is CC(C)c1nc2c(o1)CCN(C(=O)C1CN(C)CCO1)C2. The molecule has 0 spiro atoms. The first-order chi connectivity index (χ1) is 10.0. The number of carbonyl (C=O) groups excluding carboxylic acids is 1. The molecule has 2 aliphatic rings. The Bertz CT molecular complexity index is 526. The molecule has 1 aromatic heterocycles. The average molecular weight is 293 g/mol. The Labute approximate surface area is 125 Å². The summed E-state index contributed by atoms with van der Waals surface area (Å²) in [5.41, 5.74) is 0.905. The number of fused-ring (bicyclic) bond motifs is 1. The zero-order valence-corrected chi connectivity index (χ0v) is 13.0. The minimum absolute atomic E-state index is 0.0706. The maximum atomic E-state index is 12.6. The van der Waals surface area contributed by atoms with Crippen molar-refractivity contribution in [2.24, 2.45) is 0 Å². The van der Waals surface area contributed by atoms with Gasteiger partial charge >= 0.3 is 0 Å². The van der Waals surface area contributed by atoms with Crippen LogP contribution < -0.4 is 0 Å². The van der Waals surface area contributed by atoms with Gasteiger partial charge in [-0.2, -0.15) is 0 Å². The fraction of sp³-hybridized carbons (Fsp3) is 0.733. The summed E-state index contributed by atoms with van der Waals surface area (Å²) in [4.78, 5) is 21.1. The van der Waals surface area contributed by atoms with Crippen molar-refractivity contribution in [1.82, 2.24) is 14.8 Å². The second kappa shape index (κ2) is 5.77. The second-order valence-corrected chi connectivity index (χ2v) is 6.21. The van der Waals surface area contributed by atoms with Crippen molar-refractivity contribution < 1.29 is 13.9 Å². The number of likely N-dealkylation sites (N-methyl/N-ethyl adjacent to an activating group) is 1. The standard InChI is InChI=1S/C15H23N3O3/c1-10(2)14-16-11-8-18(5-4-12(11)21-14)15(19)13-9-17(3)6-7-20-13/h10,13H,4-9H2,1-3H3. The number of nitrogens with zero attached hydrogens (tertiary/aromatic N) is 3. The highest BCUT2D eigenvalue weighted by Gasteiger charge is 2.32.